The van der Waals surface area contributed by atoms with Gasteiger partial charge in [0, 0.05) is 18.1 Å². The molecular formula is C16H21NO3S2. The summed E-state index contributed by atoms with van der Waals surface area (Å²) < 4.78 is 5.66. The van der Waals surface area contributed by atoms with Gasteiger partial charge in [0.15, 0.2) is 6.10 Å². The van der Waals surface area contributed by atoms with Crippen molar-refractivity contribution >= 4 is 35.4 Å². The van der Waals surface area contributed by atoms with Gasteiger partial charge in [-0.05, 0) is 31.0 Å². The molecule has 1 amide bonds. The van der Waals surface area contributed by atoms with Crippen molar-refractivity contribution < 1.29 is 14.3 Å². The van der Waals surface area contributed by atoms with Gasteiger partial charge >= 0.3 is 5.97 Å². The highest BCUT2D eigenvalue weighted by atomic mass is 32.2. The number of ether oxygens (including phenoxy) is 1. The lowest BCUT2D eigenvalue weighted by Gasteiger charge is -2.14. The Morgan fingerprint density at radius 2 is 1.91 bits per heavy atom. The number of hydrogen-bond acceptors (Lipinski definition) is 5. The number of carbonyl (C=O) groups excluding carboxylic acids is 2. The number of amides is 1. The van der Waals surface area contributed by atoms with E-state index in [4.69, 9.17) is 4.74 Å². The number of esters is 1. The van der Waals surface area contributed by atoms with E-state index < -0.39 is 12.1 Å². The van der Waals surface area contributed by atoms with Crippen LogP contribution < -0.4 is 5.32 Å². The number of hydrogen-bond donors (Lipinski definition) is 1. The van der Waals surface area contributed by atoms with Gasteiger partial charge in [0.25, 0.3) is 5.91 Å². The van der Waals surface area contributed by atoms with E-state index >= 15 is 0 Å². The molecule has 22 heavy (non-hydrogen) atoms. The molecular weight excluding hydrogens is 318 g/mol. The third kappa shape index (κ3) is 4.68. The number of rotatable bonds is 6. The van der Waals surface area contributed by atoms with E-state index in [1.807, 2.05) is 42.6 Å². The molecule has 1 saturated heterocycles. The molecule has 0 saturated carbocycles. The Morgan fingerprint density at radius 3 is 2.50 bits per heavy atom. The second-order valence-corrected chi connectivity index (χ2v) is 7.76. The summed E-state index contributed by atoms with van der Waals surface area (Å²) in [7, 11) is 0. The summed E-state index contributed by atoms with van der Waals surface area (Å²) in [4.78, 5) is 23.8. The molecule has 0 aromatic heterocycles. The van der Waals surface area contributed by atoms with Crippen LogP contribution >= 0.6 is 23.5 Å². The fourth-order valence-electron chi connectivity index (χ4n) is 2.00. The summed E-state index contributed by atoms with van der Waals surface area (Å²) in [5.41, 5.74) is 1.70. The van der Waals surface area contributed by atoms with E-state index in [2.05, 4.69) is 5.32 Å². The quantitative estimate of drug-likeness (QED) is 0.807. The van der Waals surface area contributed by atoms with E-state index in [0.717, 1.165) is 6.42 Å². The Labute approximate surface area is 139 Å². The van der Waals surface area contributed by atoms with Gasteiger partial charge in [-0.2, -0.15) is 0 Å². The number of thioether (sulfide) groups is 2. The topological polar surface area (TPSA) is 55.4 Å². The van der Waals surface area contributed by atoms with Gasteiger partial charge in [-0.1, -0.05) is 19.1 Å². The Hall–Kier alpha value is -1.14. The predicted molar refractivity (Wildman–Crippen MR) is 92.3 cm³/mol. The molecule has 0 radical (unpaired) electrons. The highest BCUT2D eigenvalue weighted by molar-refractivity contribution is 8.19. The maximum atomic E-state index is 12.1. The molecule has 1 aliphatic rings. The zero-order valence-corrected chi connectivity index (χ0v) is 14.5. The minimum absolute atomic E-state index is 0.259. The van der Waals surface area contributed by atoms with Crippen LogP contribution in [0, 0.1) is 0 Å². The smallest absolute Gasteiger partial charge is 0.338 e. The summed E-state index contributed by atoms with van der Waals surface area (Å²) in [5, 5.41) is 2.71. The number of carbonyl (C=O) groups is 2. The average Bonchev–Trinajstić information content (AvgIpc) is 3.07. The molecule has 2 rings (SSSR count). The molecule has 0 aliphatic carbocycles. The molecule has 1 heterocycles. The van der Waals surface area contributed by atoms with Gasteiger partial charge in [0.05, 0.1) is 10.1 Å². The lowest BCUT2D eigenvalue weighted by Crippen LogP contribution is -2.36. The van der Waals surface area contributed by atoms with Crippen molar-refractivity contribution in [3.8, 4) is 0 Å². The summed E-state index contributed by atoms with van der Waals surface area (Å²) in [6.07, 6.45) is 0.0742. The van der Waals surface area contributed by atoms with Crippen molar-refractivity contribution in [3.05, 3.63) is 35.4 Å². The fourth-order valence-corrected chi connectivity index (χ4v) is 4.86. The fraction of sp³-hybridized carbons (Fsp3) is 0.500. The van der Waals surface area contributed by atoms with E-state index in [1.54, 1.807) is 19.1 Å². The Balaban J connectivity index is 1.90. The second-order valence-electron chi connectivity index (χ2n) is 5.03. The third-order valence-electron chi connectivity index (χ3n) is 3.24. The van der Waals surface area contributed by atoms with Crippen LogP contribution in [0.2, 0.25) is 0 Å². The molecule has 1 fully saturated rings. The van der Waals surface area contributed by atoms with E-state index in [-0.39, 0.29) is 5.91 Å². The summed E-state index contributed by atoms with van der Waals surface area (Å²) in [6.45, 7) is 4.15. The highest BCUT2D eigenvalue weighted by Gasteiger charge is 2.20. The molecule has 1 aromatic carbocycles. The predicted octanol–water partition coefficient (Wildman–Crippen LogP) is 3.24. The summed E-state index contributed by atoms with van der Waals surface area (Å²) >= 11 is 3.85. The number of benzene rings is 1. The maximum absolute atomic E-state index is 12.1. The summed E-state index contributed by atoms with van der Waals surface area (Å²) in [6, 6.07) is 7.48. The van der Waals surface area contributed by atoms with Crippen LogP contribution in [0.25, 0.3) is 0 Å². The highest BCUT2D eigenvalue weighted by Crippen LogP contribution is 2.45. The Morgan fingerprint density at radius 1 is 1.27 bits per heavy atom. The first-order valence-corrected chi connectivity index (χ1v) is 9.53. The molecule has 4 nitrogen and oxygen atoms in total. The summed E-state index contributed by atoms with van der Waals surface area (Å²) in [5.74, 6) is 1.62. The lowest BCUT2D eigenvalue weighted by molar-refractivity contribution is -0.129. The third-order valence-corrected chi connectivity index (χ3v) is 6.35. The Kier molecular flexibility index (Phi) is 6.64. The van der Waals surface area contributed by atoms with Gasteiger partial charge in [0.1, 0.15) is 0 Å². The first kappa shape index (κ1) is 17.2. The van der Waals surface area contributed by atoms with Gasteiger partial charge < -0.3 is 10.1 Å². The molecule has 0 unspecified atom stereocenters. The van der Waals surface area contributed by atoms with Gasteiger partial charge in [-0.15, -0.1) is 23.5 Å². The Bertz CT molecular complexity index is 513. The van der Waals surface area contributed by atoms with Crippen molar-refractivity contribution in [3.63, 3.8) is 0 Å². The standard InChI is InChI=1S/C16H21NO3S2/c1-3-8-17-14(18)11(2)20-15(19)12-4-6-13(7-5-12)16-21-9-10-22-16/h4-7,11,16H,3,8-10H2,1-2H3,(H,17,18)/t11-/m0/s1. The van der Waals surface area contributed by atoms with Crippen molar-refractivity contribution in [2.24, 2.45) is 0 Å². The van der Waals surface area contributed by atoms with Crippen molar-refractivity contribution in [1.82, 2.24) is 5.32 Å². The van der Waals surface area contributed by atoms with Crippen LogP contribution in [0.3, 0.4) is 0 Å². The molecule has 1 aromatic rings. The normalized spacial score (nSPS) is 16.3. The van der Waals surface area contributed by atoms with Crippen LogP contribution in [0.4, 0.5) is 0 Å². The van der Waals surface area contributed by atoms with Gasteiger partial charge in [-0.25, -0.2) is 4.79 Å². The number of nitrogens with one attached hydrogen (secondary N) is 1. The lowest BCUT2D eigenvalue weighted by atomic mass is 10.1. The monoisotopic (exact) mass is 339 g/mol. The van der Waals surface area contributed by atoms with Crippen LogP contribution in [0.15, 0.2) is 24.3 Å². The van der Waals surface area contributed by atoms with Crippen LogP contribution in [-0.2, 0) is 9.53 Å². The molecule has 120 valence electrons. The van der Waals surface area contributed by atoms with E-state index in [1.165, 1.54) is 17.1 Å². The minimum Gasteiger partial charge on any atom is -0.449 e. The zero-order chi connectivity index (χ0) is 15.9. The molecule has 0 bridgehead atoms. The van der Waals surface area contributed by atoms with Crippen LogP contribution in [0.5, 0.6) is 0 Å². The van der Waals surface area contributed by atoms with E-state index in [0.29, 0.717) is 16.7 Å². The van der Waals surface area contributed by atoms with Gasteiger partial charge in [-0.3, -0.25) is 4.79 Å². The minimum atomic E-state index is -0.778. The SMILES string of the molecule is CCCNC(=O)[C@H](C)OC(=O)c1ccc(C2SCCS2)cc1. The van der Waals surface area contributed by atoms with Crippen LogP contribution in [-0.4, -0.2) is 36.0 Å². The van der Waals surface area contributed by atoms with Crippen molar-refractivity contribution in [2.75, 3.05) is 18.1 Å². The van der Waals surface area contributed by atoms with E-state index in [9.17, 15) is 9.59 Å². The molecule has 1 aliphatic heterocycles. The molecule has 0 spiro atoms. The van der Waals surface area contributed by atoms with Gasteiger partial charge in [0.2, 0.25) is 0 Å². The molecule has 1 atom stereocenters. The second kappa shape index (κ2) is 8.48. The first-order valence-electron chi connectivity index (χ1n) is 7.43. The maximum Gasteiger partial charge on any atom is 0.338 e. The molecule has 1 N–H and O–H groups in total. The average molecular weight is 339 g/mol. The van der Waals surface area contributed by atoms with Crippen molar-refractivity contribution in [2.45, 2.75) is 31.0 Å². The largest absolute Gasteiger partial charge is 0.449 e. The van der Waals surface area contributed by atoms with Crippen LogP contribution in [0.1, 0.15) is 40.8 Å². The first-order chi connectivity index (χ1) is 10.6. The zero-order valence-electron chi connectivity index (χ0n) is 12.8. The van der Waals surface area contributed by atoms with Crippen molar-refractivity contribution in [1.29, 1.82) is 0 Å². The molecule has 6 heteroatoms.